The predicted molar refractivity (Wildman–Crippen MR) is 135 cm³/mol. The van der Waals surface area contributed by atoms with Crippen molar-refractivity contribution in [2.24, 2.45) is 5.73 Å². The Labute approximate surface area is 205 Å². The first kappa shape index (κ1) is 24.9. The van der Waals surface area contributed by atoms with E-state index < -0.39 is 27.6 Å². The van der Waals surface area contributed by atoms with Crippen LogP contribution in [0.5, 0.6) is 0 Å². The first-order chi connectivity index (χ1) is 15.6. The number of primary amides is 1. The fourth-order valence-corrected chi connectivity index (χ4v) is 5.09. The van der Waals surface area contributed by atoms with Gasteiger partial charge in [0.1, 0.15) is 10.8 Å². The Morgan fingerprint density at radius 1 is 1.21 bits per heavy atom. The van der Waals surface area contributed by atoms with Gasteiger partial charge in [-0.3, -0.25) is 4.79 Å². The van der Waals surface area contributed by atoms with Gasteiger partial charge in [0.25, 0.3) is 5.91 Å². The number of carbonyl (C=O) groups excluding carboxylic acids is 2. The fraction of sp³-hybridized carbons (Fsp3) is 0.174. The molecule has 0 heterocycles. The van der Waals surface area contributed by atoms with Crippen LogP contribution in [0, 0.1) is 5.82 Å². The number of halogens is 2. The Bertz CT molecular complexity index is 1170. The molecule has 3 rings (SSSR count). The standard InChI is InChI=1S/C23H21ClFN3O3S2/c1-2-33-23(31)12-11-14(13-22(23,24)20(32)28-21(26)30)15-7-4-6-10-18(15)27-19(29)16-8-3-5-9-17(16)25/h3-13,31H,2H2,1H3,(H,27,29)(H3,26,28,30,32). The molecule has 6 nitrogen and oxygen atoms in total. The average molecular weight is 506 g/mol. The van der Waals surface area contributed by atoms with Crippen molar-refractivity contribution >= 4 is 63.8 Å². The van der Waals surface area contributed by atoms with E-state index in [1.54, 1.807) is 36.4 Å². The minimum atomic E-state index is -1.72. The van der Waals surface area contributed by atoms with Crippen LogP contribution < -0.4 is 16.4 Å². The second-order valence-corrected chi connectivity index (χ2v) is 9.57. The van der Waals surface area contributed by atoms with Crippen LogP contribution in [-0.4, -0.2) is 37.6 Å². The third-order valence-electron chi connectivity index (χ3n) is 4.90. The van der Waals surface area contributed by atoms with Crippen molar-refractivity contribution in [2.75, 3.05) is 11.1 Å². The lowest BCUT2D eigenvalue weighted by atomic mass is 9.88. The lowest BCUT2D eigenvalue weighted by Crippen LogP contribution is -2.57. The second-order valence-electron chi connectivity index (χ2n) is 7.07. The minimum Gasteiger partial charge on any atom is -0.373 e. The third kappa shape index (κ3) is 5.11. The molecule has 2 atom stereocenters. The normalized spacial score (nSPS) is 21.8. The van der Waals surface area contributed by atoms with E-state index in [2.05, 4.69) is 10.6 Å². The first-order valence-electron chi connectivity index (χ1n) is 9.85. The van der Waals surface area contributed by atoms with Crippen molar-refractivity contribution in [3.05, 3.63) is 83.7 Å². The number of allylic oxidation sites excluding steroid dienone is 2. The van der Waals surface area contributed by atoms with Gasteiger partial charge in [-0.15, -0.1) is 23.4 Å². The number of nitrogens with one attached hydrogen (secondary N) is 2. The highest BCUT2D eigenvalue weighted by Crippen LogP contribution is 2.47. The zero-order valence-electron chi connectivity index (χ0n) is 17.5. The van der Waals surface area contributed by atoms with Gasteiger partial charge < -0.3 is 21.5 Å². The zero-order valence-corrected chi connectivity index (χ0v) is 19.9. The van der Waals surface area contributed by atoms with Crippen LogP contribution in [0.25, 0.3) is 5.57 Å². The smallest absolute Gasteiger partial charge is 0.317 e. The highest BCUT2D eigenvalue weighted by molar-refractivity contribution is 8.00. The summed E-state index contributed by atoms with van der Waals surface area (Å²) < 4.78 is 14.1. The molecular weight excluding hydrogens is 485 g/mol. The maximum atomic E-state index is 14.1. The molecular formula is C23H21ClFN3O3S2. The highest BCUT2D eigenvalue weighted by atomic mass is 35.5. The Balaban J connectivity index is 2.03. The number of nitrogens with two attached hydrogens (primary N) is 1. The Hall–Kier alpha value is -2.72. The summed E-state index contributed by atoms with van der Waals surface area (Å²) in [5.41, 5.74) is 6.57. The fourth-order valence-electron chi connectivity index (χ4n) is 3.34. The van der Waals surface area contributed by atoms with Crippen LogP contribution in [0.4, 0.5) is 14.9 Å². The van der Waals surface area contributed by atoms with Gasteiger partial charge in [0, 0.05) is 11.3 Å². The third-order valence-corrected chi connectivity index (χ3v) is 7.32. The number of urea groups is 1. The molecule has 0 saturated carbocycles. The van der Waals surface area contributed by atoms with Gasteiger partial charge in [-0.25, -0.2) is 9.18 Å². The van der Waals surface area contributed by atoms with Crippen molar-refractivity contribution in [3.63, 3.8) is 0 Å². The molecule has 0 bridgehead atoms. The number of hydrogen-bond acceptors (Lipinski definition) is 5. The monoisotopic (exact) mass is 505 g/mol. The summed E-state index contributed by atoms with van der Waals surface area (Å²) in [6.07, 6.45) is 4.63. The Kier molecular flexibility index (Phi) is 7.58. The summed E-state index contributed by atoms with van der Waals surface area (Å²) in [5.74, 6) is -0.761. The molecule has 0 fully saturated rings. The molecule has 172 valence electrons. The molecule has 33 heavy (non-hydrogen) atoms. The first-order valence-corrected chi connectivity index (χ1v) is 11.6. The quantitative estimate of drug-likeness (QED) is 0.264. The number of alkyl halides is 1. The molecule has 5 N–H and O–H groups in total. The van der Waals surface area contributed by atoms with E-state index in [9.17, 15) is 19.1 Å². The molecule has 0 aromatic heterocycles. The number of amides is 3. The molecule has 0 radical (unpaired) electrons. The van der Waals surface area contributed by atoms with Crippen LogP contribution in [0.1, 0.15) is 22.8 Å². The molecule has 0 saturated heterocycles. The number of para-hydroxylation sites is 1. The van der Waals surface area contributed by atoms with Crippen molar-refractivity contribution in [1.29, 1.82) is 0 Å². The number of benzene rings is 2. The molecule has 10 heteroatoms. The molecule has 0 spiro atoms. The molecule has 3 amide bonds. The Morgan fingerprint density at radius 2 is 1.88 bits per heavy atom. The molecule has 1 aliphatic rings. The highest BCUT2D eigenvalue weighted by Gasteiger charge is 2.52. The van der Waals surface area contributed by atoms with Gasteiger partial charge >= 0.3 is 6.03 Å². The largest absolute Gasteiger partial charge is 0.373 e. The van der Waals surface area contributed by atoms with E-state index in [0.29, 0.717) is 22.6 Å². The summed E-state index contributed by atoms with van der Waals surface area (Å²) >= 11 is 13.3. The number of thioether (sulfide) groups is 1. The van der Waals surface area contributed by atoms with E-state index >= 15 is 0 Å². The van der Waals surface area contributed by atoms with Gasteiger partial charge in [0.2, 0.25) is 0 Å². The van der Waals surface area contributed by atoms with Crippen LogP contribution in [0.15, 0.2) is 66.8 Å². The van der Waals surface area contributed by atoms with Gasteiger partial charge in [-0.05, 0) is 41.7 Å². The molecule has 2 aromatic rings. The summed E-state index contributed by atoms with van der Waals surface area (Å²) in [6, 6.07) is 11.6. The van der Waals surface area contributed by atoms with Crippen molar-refractivity contribution < 1.29 is 19.1 Å². The number of anilines is 1. The zero-order chi connectivity index (χ0) is 24.2. The second kappa shape index (κ2) is 10.0. The lowest BCUT2D eigenvalue weighted by Gasteiger charge is -2.41. The number of carbonyl (C=O) groups is 2. The van der Waals surface area contributed by atoms with Gasteiger partial charge in [0.15, 0.2) is 9.81 Å². The summed E-state index contributed by atoms with van der Waals surface area (Å²) in [7, 11) is 0. The summed E-state index contributed by atoms with van der Waals surface area (Å²) in [6.45, 7) is 1.84. The molecule has 2 unspecified atom stereocenters. The van der Waals surface area contributed by atoms with E-state index in [1.807, 2.05) is 6.92 Å². The van der Waals surface area contributed by atoms with Crippen molar-refractivity contribution in [3.8, 4) is 0 Å². The SMILES string of the molecule is CCSC1(O)C=CC(c2ccccc2NC(=O)c2ccccc2F)=CC1(Cl)C(=S)NC(N)=O. The number of thiocarbonyl (C=S) groups is 1. The maximum absolute atomic E-state index is 14.1. The van der Waals surface area contributed by atoms with E-state index in [1.165, 1.54) is 30.4 Å². The number of aliphatic hydroxyl groups is 1. The maximum Gasteiger partial charge on any atom is 0.317 e. The van der Waals surface area contributed by atoms with E-state index in [4.69, 9.17) is 29.6 Å². The Morgan fingerprint density at radius 3 is 2.55 bits per heavy atom. The number of rotatable bonds is 6. The van der Waals surface area contributed by atoms with Crippen LogP contribution >= 0.6 is 35.6 Å². The van der Waals surface area contributed by atoms with Crippen LogP contribution in [-0.2, 0) is 0 Å². The predicted octanol–water partition coefficient (Wildman–Crippen LogP) is 4.45. The van der Waals surface area contributed by atoms with Crippen LogP contribution in [0.2, 0.25) is 0 Å². The van der Waals surface area contributed by atoms with Crippen molar-refractivity contribution in [1.82, 2.24) is 5.32 Å². The van der Waals surface area contributed by atoms with Crippen LogP contribution in [0.3, 0.4) is 0 Å². The lowest BCUT2D eigenvalue weighted by molar-refractivity contribution is 0.102. The van der Waals surface area contributed by atoms with E-state index in [0.717, 1.165) is 11.8 Å². The van der Waals surface area contributed by atoms with Gasteiger partial charge in [-0.1, -0.05) is 55.5 Å². The summed E-state index contributed by atoms with van der Waals surface area (Å²) in [4.78, 5) is 20.5. The van der Waals surface area contributed by atoms with E-state index in [-0.39, 0.29) is 10.6 Å². The van der Waals surface area contributed by atoms with Crippen molar-refractivity contribution in [2.45, 2.75) is 16.7 Å². The van der Waals surface area contributed by atoms with Gasteiger partial charge in [-0.2, -0.15) is 0 Å². The molecule has 1 aliphatic carbocycles. The average Bonchev–Trinajstić information content (AvgIpc) is 2.76. The summed E-state index contributed by atoms with van der Waals surface area (Å²) in [5, 5.41) is 16.2. The van der Waals surface area contributed by atoms with Gasteiger partial charge in [0.05, 0.1) is 5.56 Å². The topological polar surface area (TPSA) is 104 Å². The molecule has 2 aromatic carbocycles. The molecule has 0 aliphatic heterocycles. The minimum absolute atomic E-state index is 0.104. The number of hydrogen-bond donors (Lipinski definition) is 4.